The normalized spacial score (nSPS) is 14.2. The van der Waals surface area contributed by atoms with Gasteiger partial charge in [0, 0.05) is 36.4 Å². The number of fused-ring (bicyclic) bond motifs is 1. The molecular weight excluding hydrogens is 444 g/mol. The number of carboxylic acids is 1. The van der Waals surface area contributed by atoms with E-state index in [1.165, 1.54) is 6.20 Å². The maximum Gasteiger partial charge on any atom is 0.303 e. The average molecular weight is 471 g/mol. The van der Waals surface area contributed by atoms with Crippen molar-refractivity contribution in [1.82, 2.24) is 20.2 Å². The number of aromatic nitrogens is 4. The summed E-state index contributed by atoms with van der Waals surface area (Å²) in [6.45, 7) is 1.83. The quantitative estimate of drug-likeness (QED) is 0.367. The van der Waals surface area contributed by atoms with E-state index in [1.54, 1.807) is 0 Å². The number of nitrogens with zero attached hydrogens (tertiary/aromatic N) is 4. The first-order chi connectivity index (χ1) is 17.1. The van der Waals surface area contributed by atoms with Crippen molar-refractivity contribution >= 4 is 34.1 Å². The molecule has 35 heavy (non-hydrogen) atoms. The standard InChI is InChI=1S/C26H26N6O3/c33-22(34)11-6-17-12-14-32(15-13-17)20-9-7-19(8-10-20)28-25-23-21(16-27-31-26(23)35)29-24(30-25)18-4-2-1-3-5-18/h1-5,7-10,16-17H,6,11-15H2,(H,31,35)(H,33,34)(H,28,29,30). The number of hydrogen-bond donors (Lipinski definition) is 3. The highest BCUT2D eigenvalue weighted by Gasteiger charge is 2.20. The van der Waals surface area contributed by atoms with Crippen molar-refractivity contribution in [3.63, 3.8) is 0 Å². The fourth-order valence-electron chi connectivity index (χ4n) is 4.51. The highest BCUT2D eigenvalue weighted by atomic mass is 16.4. The summed E-state index contributed by atoms with van der Waals surface area (Å²) in [5.74, 6) is 0.682. The lowest BCUT2D eigenvalue weighted by Crippen LogP contribution is -2.33. The molecule has 0 atom stereocenters. The summed E-state index contributed by atoms with van der Waals surface area (Å²) in [4.78, 5) is 34.9. The topological polar surface area (TPSA) is 124 Å². The fraction of sp³-hybridized carbons (Fsp3) is 0.269. The van der Waals surface area contributed by atoms with Crippen molar-refractivity contribution in [3.05, 3.63) is 71.1 Å². The predicted molar refractivity (Wildman–Crippen MR) is 135 cm³/mol. The zero-order valence-corrected chi connectivity index (χ0v) is 19.1. The number of nitrogens with one attached hydrogen (secondary N) is 2. The van der Waals surface area contributed by atoms with Gasteiger partial charge in [-0.3, -0.25) is 9.59 Å². The first-order valence-corrected chi connectivity index (χ1v) is 11.7. The fourth-order valence-corrected chi connectivity index (χ4v) is 4.51. The van der Waals surface area contributed by atoms with Gasteiger partial charge in [-0.2, -0.15) is 5.10 Å². The van der Waals surface area contributed by atoms with E-state index in [4.69, 9.17) is 5.11 Å². The SMILES string of the molecule is O=C(O)CCC1CCN(c2ccc(Nc3nc(-c4ccccc4)nc4cn[nH]c(=O)c34)cc2)CC1. The minimum atomic E-state index is -0.721. The molecule has 178 valence electrons. The van der Waals surface area contributed by atoms with E-state index in [2.05, 4.69) is 30.4 Å². The van der Waals surface area contributed by atoms with Crippen LogP contribution in [0.4, 0.5) is 17.2 Å². The van der Waals surface area contributed by atoms with Crippen LogP contribution in [0, 0.1) is 5.92 Å². The lowest BCUT2D eigenvalue weighted by molar-refractivity contribution is -0.137. The van der Waals surface area contributed by atoms with Crippen molar-refractivity contribution in [2.45, 2.75) is 25.7 Å². The number of aromatic amines is 1. The summed E-state index contributed by atoms with van der Waals surface area (Å²) >= 11 is 0. The molecule has 0 aliphatic carbocycles. The monoisotopic (exact) mass is 470 g/mol. The molecule has 1 saturated heterocycles. The molecule has 9 nitrogen and oxygen atoms in total. The minimum absolute atomic E-state index is 0.244. The van der Waals surface area contributed by atoms with E-state index in [0.717, 1.165) is 49.3 Å². The van der Waals surface area contributed by atoms with Crippen molar-refractivity contribution in [1.29, 1.82) is 0 Å². The molecule has 2 aromatic heterocycles. The molecule has 3 N–H and O–H groups in total. The van der Waals surface area contributed by atoms with Crippen molar-refractivity contribution < 1.29 is 9.90 Å². The zero-order valence-electron chi connectivity index (χ0n) is 19.1. The van der Waals surface area contributed by atoms with E-state index in [-0.39, 0.29) is 12.0 Å². The predicted octanol–water partition coefficient (Wildman–Crippen LogP) is 4.20. The van der Waals surface area contributed by atoms with Crippen LogP contribution in [0.2, 0.25) is 0 Å². The first-order valence-electron chi connectivity index (χ1n) is 11.7. The summed E-state index contributed by atoms with van der Waals surface area (Å²) in [5, 5.41) is 18.9. The van der Waals surface area contributed by atoms with Crippen LogP contribution in [0.5, 0.6) is 0 Å². The molecule has 0 amide bonds. The van der Waals surface area contributed by atoms with Gasteiger partial charge in [0.25, 0.3) is 5.56 Å². The molecule has 0 bridgehead atoms. The number of carbonyl (C=O) groups is 1. The Labute approximate surface area is 201 Å². The molecule has 9 heteroatoms. The summed E-state index contributed by atoms with van der Waals surface area (Å²) < 4.78 is 0. The number of H-pyrrole nitrogens is 1. The third-order valence-corrected chi connectivity index (χ3v) is 6.43. The lowest BCUT2D eigenvalue weighted by atomic mass is 9.92. The van der Waals surface area contributed by atoms with Crippen LogP contribution in [0.25, 0.3) is 22.3 Å². The Morgan fingerprint density at radius 1 is 1.06 bits per heavy atom. The Hall–Kier alpha value is -4.27. The second-order valence-electron chi connectivity index (χ2n) is 8.76. The second-order valence-corrected chi connectivity index (χ2v) is 8.76. The van der Waals surface area contributed by atoms with E-state index in [0.29, 0.717) is 28.5 Å². The Bertz CT molecular complexity index is 1380. The number of aliphatic carboxylic acids is 1. The van der Waals surface area contributed by atoms with Gasteiger partial charge in [-0.05, 0) is 49.4 Å². The molecule has 2 aromatic carbocycles. The van der Waals surface area contributed by atoms with E-state index in [9.17, 15) is 9.59 Å². The molecule has 4 aromatic rings. The number of piperidine rings is 1. The lowest BCUT2D eigenvalue weighted by Gasteiger charge is -2.33. The molecule has 1 fully saturated rings. The summed E-state index contributed by atoms with van der Waals surface area (Å²) in [5.41, 5.74) is 2.88. The molecule has 3 heterocycles. The Balaban J connectivity index is 1.35. The van der Waals surface area contributed by atoms with Crippen LogP contribution in [-0.4, -0.2) is 44.3 Å². The molecular formula is C26H26N6O3. The van der Waals surface area contributed by atoms with Gasteiger partial charge in [-0.1, -0.05) is 30.3 Å². The van der Waals surface area contributed by atoms with Gasteiger partial charge in [0.05, 0.1) is 6.20 Å². The van der Waals surface area contributed by atoms with Gasteiger partial charge in [-0.25, -0.2) is 15.1 Å². The van der Waals surface area contributed by atoms with Gasteiger partial charge in [0.15, 0.2) is 5.82 Å². The molecule has 1 aliphatic heterocycles. The molecule has 0 spiro atoms. The largest absolute Gasteiger partial charge is 0.481 e. The Kier molecular flexibility index (Phi) is 6.38. The second kappa shape index (κ2) is 9.92. The Morgan fingerprint density at radius 3 is 2.51 bits per heavy atom. The molecule has 0 radical (unpaired) electrons. The van der Waals surface area contributed by atoms with Crippen molar-refractivity contribution in [2.24, 2.45) is 5.92 Å². The van der Waals surface area contributed by atoms with Gasteiger partial charge >= 0.3 is 5.97 Å². The number of carboxylic acid groups (broad SMARTS) is 1. The van der Waals surface area contributed by atoms with Crippen LogP contribution in [0.3, 0.4) is 0 Å². The van der Waals surface area contributed by atoms with Crippen molar-refractivity contribution in [3.8, 4) is 11.4 Å². The molecule has 1 aliphatic rings. The van der Waals surface area contributed by atoms with Crippen LogP contribution in [-0.2, 0) is 4.79 Å². The summed E-state index contributed by atoms with van der Waals surface area (Å²) in [6.07, 6.45) is 4.52. The van der Waals surface area contributed by atoms with Crippen LogP contribution in [0.1, 0.15) is 25.7 Å². The molecule has 5 rings (SSSR count). The maximum absolute atomic E-state index is 12.5. The zero-order chi connectivity index (χ0) is 24.2. The van der Waals surface area contributed by atoms with Crippen LogP contribution in [0.15, 0.2) is 65.6 Å². The van der Waals surface area contributed by atoms with Crippen LogP contribution < -0.4 is 15.8 Å². The van der Waals surface area contributed by atoms with Gasteiger partial charge in [0.2, 0.25) is 0 Å². The Morgan fingerprint density at radius 2 is 1.80 bits per heavy atom. The third kappa shape index (κ3) is 5.13. The van der Waals surface area contributed by atoms with Crippen molar-refractivity contribution in [2.75, 3.05) is 23.3 Å². The van der Waals surface area contributed by atoms with Gasteiger partial charge in [-0.15, -0.1) is 0 Å². The summed E-state index contributed by atoms with van der Waals surface area (Å²) in [7, 11) is 0. The number of anilines is 3. The first kappa shape index (κ1) is 22.5. The minimum Gasteiger partial charge on any atom is -0.481 e. The number of benzene rings is 2. The maximum atomic E-state index is 12.5. The summed E-state index contributed by atoms with van der Waals surface area (Å²) in [6, 6.07) is 17.6. The van der Waals surface area contributed by atoms with Crippen LogP contribution >= 0.6 is 0 Å². The molecule has 0 saturated carbocycles. The number of hydrogen-bond acceptors (Lipinski definition) is 7. The molecule has 0 unspecified atom stereocenters. The van der Waals surface area contributed by atoms with Gasteiger partial charge < -0.3 is 15.3 Å². The van der Waals surface area contributed by atoms with Gasteiger partial charge in [0.1, 0.15) is 16.7 Å². The smallest absolute Gasteiger partial charge is 0.303 e. The van der Waals surface area contributed by atoms with E-state index >= 15 is 0 Å². The highest BCUT2D eigenvalue weighted by Crippen LogP contribution is 2.29. The number of rotatable bonds is 7. The van der Waals surface area contributed by atoms with E-state index in [1.807, 2.05) is 54.6 Å². The third-order valence-electron chi connectivity index (χ3n) is 6.43. The highest BCUT2D eigenvalue weighted by molar-refractivity contribution is 5.91. The average Bonchev–Trinajstić information content (AvgIpc) is 2.89. The van der Waals surface area contributed by atoms with E-state index < -0.39 is 5.97 Å².